The molecule has 1 rings (SSSR count). The van der Waals surface area contributed by atoms with E-state index in [4.69, 9.17) is 0 Å². The first-order valence-corrected chi connectivity index (χ1v) is 6.02. The van der Waals surface area contributed by atoms with Gasteiger partial charge in [-0.2, -0.15) is 12.6 Å². The molecule has 0 saturated carbocycles. The third kappa shape index (κ3) is 3.67. The summed E-state index contributed by atoms with van der Waals surface area (Å²) in [5.41, 5.74) is 0. The number of aromatic nitrogens is 1. The summed E-state index contributed by atoms with van der Waals surface area (Å²) in [6, 6.07) is 0. The number of carbonyl (C=O) groups excluding carboxylic acids is 1. The van der Waals surface area contributed by atoms with Crippen LogP contribution in [-0.2, 0) is 4.79 Å². The second-order valence-corrected chi connectivity index (χ2v) is 4.42. The summed E-state index contributed by atoms with van der Waals surface area (Å²) in [4.78, 5) is 15.3. The van der Waals surface area contributed by atoms with Gasteiger partial charge in [-0.15, -0.1) is 11.3 Å². The van der Waals surface area contributed by atoms with E-state index < -0.39 is 0 Å². The lowest BCUT2D eigenvalue weighted by Crippen LogP contribution is -2.27. The number of carbonyl (C=O) groups is 1. The van der Waals surface area contributed by atoms with E-state index in [1.807, 2.05) is 5.38 Å². The second-order valence-electron chi connectivity index (χ2n) is 3.05. The van der Waals surface area contributed by atoms with Crippen molar-refractivity contribution in [2.24, 2.45) is 0 Å². The van der Waals surface area contributed by atoms with E-state index in [2.05, 4.69) is 29.9 Å². The van der Waals surface area contributed by atoms with Gasteiger partial charge in [-0.3, -0.25) is 4.79 Å². The standard InChI is InChI=1S/C9H14N2OS2/c1-7(9-10-3-5-14-9)6-11-8(12)2-4-13/h3,5,7,13H,2,4,6H2,1H3,(H,11,12). The molecule has 1 heterocycles. The molecule has 0 radical (unpaired) electrons. The molecule has 0 spiro atoms. The lowest BCUT2D eigenvalue weighted by molar-refractivity contribution is -0.120. The normalized spacial score (nSPS) is 12.4. The number of thiol groups is 1. The molecular weight excluding hydrogens is 216 g/mol. The lowest BCUT2D eigenvalue weighted by atomic mass is 10.2. The molecular formula is C9H14N2OS2. The third-order valence-corrected chi connectivity index (χ3v) is 3.05. The molecule has 0 fully saturated rings. The van der Waals surface area contributed by atoms with Crippen LogP contribution in [0.25, 0.3) is 0 Å². The van der Waals surface area contributed by atoms with Crippen LogP contribution in [0.5, 0.6) is 0 Å². The number of hydrogen-bond donors (Lipinski definition) is 2. The van der Waals surface area contributed by atoms with Crippen molar-refractivity contribution in [2.75, 3.05) is 12.3 Å². The quantitative estimate of drug-likeness (QED) is 0.756. The fraction of sp³-hybridized carbons (Fsp3) is 0.556. The summed E-state index contributed by atoms with van der Waals surface area (Å²) >= 11 is 5.61. The van der Waals surface area contributed by atoms with Crippen LogP contribution in [0.15, 0.2) is 11.6 Å². The Labute approximate surface area is 93.3 Å². The highest BCUT2D eigenvalue weighted by molar-refractivity contribution is 7.80. The zero-order valence-corrected chi connectivity index (χ0v) is 9.78. The Kier molecular flexibility index (Phi) is 4.97. The van der Waals surface area contributed by atoms with E-state index in [0.717, 1.165) is 5.01 Å². The number of amides is 1. The fourth-order valence-corrected chi connectivity index (χ4v) is 1.92. The minimum atomic E-state index is 0.0587. The monoisotopic (exact) mass is 230 g/mol. The largest absolute Gasteiger partial charge is 0.355 e. The Morgan fingerprint density at radius 2 is 2.57 bits per heavy atom. The minimum absolute atomic E-state index is 0.0587. The molecule has 5 heteroatoms. The van der Waals surface area contributed by atoms with Gasteiger partial charge in [-0.25, -0.2) is 4.98 Å². The molecule has 0 aliphatic heterocycles. The summed E-state index contributed by atoms with van der Waals surface area (Å²) in [5.74, 6) is 0.944. The van der Waals surface area contributed by atoms with E-state index >= 15 is 0 Å². The lowest BCUT2D eigenvalue weighted by Gasteiger charge is -2.09. The zero-order chi connectivity index (χ0) is 10.4. The van der Waals surface area contributed by atoms with Gasteiger partial charge in [0.15, 0.2) is 0 Å². The van der Waals surface area contributed by atoms with Gasteiger partial charge in [0.05, 0.1) is 5.01 Å². The molecule has 0 aliphatic rings. The number of nitrogens with one attached hydrogen (secondary N) is 1. The maximum atomic E-state index is 11.1. The van der Waals surface area contributed by atoms with Crippen molar-refractivity contribution in [2.45, 2.75) is 19.3 Å². The predicted octanol–water partition coefficient (Wildman–Crippen LogP) is 1.68. The van der Waals surface area contributed by atoms with Crippen LogP contribution in [0, 0.1) is 0 Å². The third-order valence-electron chi connectivity index (χ3n) is 1.82. The molecule has 78 valence electrons. The van der Waals surface area contributed by atoms with Gasteiger partial charge in [0.2, 0.25) is 5.91 Å². The van der Waals surface area contributed by atoms with Crippen molar-refractivity contribution < 1.29 is 4.79 Å². The first-order valence-electron chi connectivity index (χ1n) is 4.51. The molecule has 0 aromatic carbocycles. The zero-order valence-electron chi connectivity index (χ0n) is 8.06. The predicted molar refractivity (Wildman–Crippen MR) is 62.0 cm³/mol. The smallest absolute Gasteiger partial charge is 0.220 e. The van der Waals surface area contributed by atoms with Gasteiger partial charge in [0, 0.05) is 30.5 Å². The van der Waals surface area contributed by atoms with Crippen LogP contribution >= 0.6 is 24.0 Å². The van der Waals surface area contributed by atoms with Crippen molar-refractivity contribution >= 4 is 29.9 Å². The topological polar surface area (TPSA) is 42.0 Å². The Morgan fingerprint density at radius 1 is 1.79 bits per heavy atom. The molecule has 1 amide bonds. The van der Waals surface area contributed by atoms with Gasteiger partial charge >= 0.3 is 0 Å². The molecule has 1 aromatic heterocycles. The molecule has 1 aromatic rings. The van der Waals surface area contributed by atoms with Crippen molar-refractivity contribution in [3.8, 4) is 0 Å². The van der Waals surface area contributed by atoms with Gasteiger partial charge in [0.25, 0.3) is 0 Å². The van der Waals surface area contributed by atoms with Crippen LogP contribution in [0.1, 0.15) is 24.3 Å². The van der Waals surface area contributed by atoms with Crippen LogP contribution in [0.3, 0.4) is 0 Å². The summed E-state index contributed by atoms with van der Waals surface area (Å²) < 4.78 is 0. The average Bonchev–Trinajstić information content (AvgIpc) is 2.67. The van der Waals surface area contributed by atoms with Crippen molar-refractivity contribution in [3.63, 3.8) is 0 Å². The Hall–Kier alpha value is -0.550. The van der Waals surface area contributed by atoms with Crippen molar-refractivity contribution in [1.82, 2.24) is 10.3 Å². The number of thiazole rings is 1. The van der Waals surface area contributed by atoms with Crippen LogP contribution in [0.2, 0.25) is 0 Å². The van der Waals surface area contributed by atoms with Crippen LogP contribution < -0.4 is 5.32 Å². The summed E-state index contributed by atoms with van der Waals surface area (Å²) in [6.07, 6.45) is 2.26. The van der Waals surface area contributed by atoms with Crippen molar-refractivity contribution in [1.29, 1.82) is 0 Å². The summed E-state index contributed by atoms with van der Waals surface area (Å²) in [7, 11) is 0. The van der Waals surface area contributed by atoms with E-state index in [9.17, 15) is 4.79 Å². The molecule has 1 N–H and O–H groups in total. The maximum Gasteiger partial charge on any atom is 0.220 e. The Morgan fingerprint density at radius 3 is 3.14 bits per heavy atom. The highest BCUT2D eigenvalue weighted by Gasteiger charge is 2.09. The molecule has 3 nitrogen and oxygen atoms in total. The van der Waals surface area contributed by atoms with Gasteiger partial charge < -0.3 is 5.32 Å². The van der Waals surface area contributed by atoms with E-state index in [-0.39, 0.29) is 5.91 Å². The molecule has 1 unspecified atom stereocenters. The highest BCUT2D eigenvalue weighted by Crippen LogP contribution is 2.16. The molecule has 1 atom stereocenters. The van der Waals surface area contributed by atoms with Gasteiger partial charge in [0.1, 0.15) is 0 Å². The van der Waals surface area contributed by atoms with E-state index in [1.165, 1.54) is 0 Å². The Balaban J connectivity index is 2.28. The summed E-state index contributed by atoms with van der Waals surface area (Å²) in [5, 5.41) is 5.86. The fourth-order valence-electron chi connectivity index (χ4n) is 1.02. The maximum absolute atomic E-state index is 11.1. The summed E-state index contributed by atoms with van der Waals surface area (Å²) in [6.45, 7) is 2.71. The first kappa shape index (κ1) is 11.5. The minimum Gasteiger partial charge on any atom is -0.355 e. The molecule has 14 heavy (non-hydrogen) atoms. The average molecular weight is 230 g/mol. The Bertz CT molecular complexity index is 274. The van der Waals surface area contributed by atoms with Gasteiger partial charge in [-0.05, 0) is 5.75 Å². The van der Waals surface area contributed by atoms with E-state index in [0.29, 0.717) is 24.6 Å². The number of nitrogens with zero attached hydrogens (tertiary/aromatic N) is 1. The molecule has 0 saturated heterocycles. The highest BCUT2D eigenvalue weighted by atomic mass is 32.1. The SMILES string of the molecule is CC(CNC(=O)CCS)c1nccs1. The number of hydrogen-bond acceptors (Lipinski definition) is 4. The molecule has 0 bridgehead atoms. The van der Waals surface area contributed by atoms with Crippen LogP contribution in [0.4, 0.5) is 0 Å². The van der Waals surface area contributed by atoms with Crippen molar-refractivity contribution in [3.05, 3.63) is 16.6 Å². The number of rotatable bonds is 5. The van der Waals surface area contributed by atoms with E-state index in [1.54, 1.807) is 17.5 Å². The first-order chi connectivity index (χ1) is 6.74. The van der Waals surface area contributed by atoms with Crippen LogP contribution in [-0.4, -0.2) is 23.2 Å². The second kappa shape index (κ2) is 6.03. The molecule has 0 aliphatic carbocycles. The van der Waals surface area contributed by atoms with Gasteiger partial charge in [-0.1, -0.05) is 6.92 Å².